The molecule has 2 heterocycles. The lowest BCUT2D eigenvalue weighted by Crippen LogP contribution is -2.48. The quantitative estimate of drug-likeness (QED) is 0.155. The van der Waals surface area contributed by atoms with Crippen LogP contribution < -0.4 is 16.0 Å². The van der Waals surface area contributed by atoms with Gasteiger partial charge in [0.25, 0.3) is 17.5 Å². The third-order valence-electron chi connectivity index (χ3n) is 7.72. The molecule has 0 spiro atoms. The molecule has 1 atom stereocenters. The highest BCUT2D eigenvalue weighted by Gasteiger charge is 2.44. The smallest absolute Gasteiger partial charge is 0.319 e. The van der Waals surface area contributed by atoms with Crippen LogP contribution >= 0.6 is 0 Å². The molecule has 5 rings (SSSR count). The van der Waals surface area contributed by atoms with E-state index in [-0.39, 0.29) is 35.4 Å². The average molecular weight is 611 g/mol. The van der Waals surface area contributed by atoms with Crippen LogP contribution in [0.1, 0.15) is 57.4 Å². The lowest BCUT2D eigenvalue weighted by Gasteiger charge is -2.34. The summed E-state index contributed by atoms with van der Waals surface area (Å²) in [5, 5.41) is 26.9. The van der Waals surface area contributed by atoms with E-state index in [1.807, 2.05) is 63.2 Å². The second-order valence-electron chi connectivity index (χ2n) is 11.5. The lowest BCUT2D eigenvalue weighted by atomic mass is 10.0. The molecule has 4 N–H and O–H groups in total. The standard InChI is InChI=1S/C32H34N8O5/c1-32(2)27-25(18-39(32)31(43)34-26(19-38(3)4)20-9-6-5-7-10-20)28(37-36-27)35-30(42)22-11-8-12-23(17-22)33-29(41)21-13-15-24(16-14-21)40(44)45/h5-17,26H,18-19H2,1-4H3,(H,33,41)(H,34,43)(H2,35,36,37,42)/t26-/m1/s1. The fourth-order valence-electron chi connectivity index (χ4n) is 5.31. The number of nitro groups is 1. The van der Waals surface area contributed by atoms with Crippen molar-refractivity contribution in [3.8, 4) is 0 Å². The minimum Gasteiger partial charge on any atom is -0.330 e. The summed E-state index contributed by atoms with van der Waals surface area (Å²) in [6.07, 6.45) is 0. The number of hydrogen-bond donors (Lipinski definition) is 4. The van der Waals surface area contributed by atoms with Gasteiger partial charge in [-0.2, -0.15) is 5.10 Å². The Balaban J connectivity index is 1.27. The molecule has 1 aromatic heterocycles. The highest BCUT2D eigenvalue weighted by Crippen LogP contribution is 2.40. The van der Waals surface area contributed by atoms with Crippen LogP contribution in [-0.2, 0) is 12.1 Å². The molecule has 3 aromatic carbocycles. The molecule has 4 aromatic rings. The molecule has 4 amide bonds. The Morgan fingerprint density at radius 2 is 1.67 bits per heavy atom. The normalized spacial score (nSPS) is 14.0. The zero-order valence-corrected chi connectivity index (χ0v) is 25.3. The Labute approximate surface area is 259 Å². The number of carbonyl (C=O) groups excluding carboxylic acids is 3. The van der Waals surface area contributed by atoms with E-state index in [0.717, 1.165) is 11.3 Å². The van der Waals surface area contributed by atoms with Crippen LogP contribution in [0.3, 0.4) is 0 Å². The average Bonchev–Trinajstić information content (AvgIpc) is 3.54. The van der Waals surface area contributed by atoms with Crippen molar-refractivity contribution in [2.45, 2.75) is 32.0 Å². The first-order chi connectivity index (χ1) is 21.4. The van der Waals surface area contributed by atoms with Gasteiger partial charge < -0.3 is 25.8 Å². The van der Waals surface area contributed by atoms with Gasteiger partial charge in [0.1, 0.15) is 0 Å². The van der Waals surface area contributed by atoms with Crippen LogP contribution in [0.4, 0.5) is 22.0 Å². The number of urea groups is 1. The molecule has 0 aliphatic carbocycles. The molecule has 13 heteroatoms. The van der Waals surface area contributed by atoms with Crippen molar-refractivity contribution in [1.29, 1.82) is 0 Å². The van der Waals surface area contributed by atoms with E-state index >= 15 is 0 Å². The summed E-state index contributed by atoms with van der Waals surface area (Å²) >= 11 is 0. The van der Waals surface area contributed by atoms with E-state index in [4.69, 9.17) is 0 Å². The second-order valence-corrected chi connectivity index (χ2v) is 11.5. The summed E-state index contributed by atoms with van der Waals surface area (Å²) in [7, 11) is 3.91. The van der Waals surface area contributed by atoms with Gasteiger partial charge in [0.05, 0.1) is 28.7 Å². The molecule has 0 fully saturated rings. The number of likely N-dealkylation sites (N-methyl/N-ethyl adjacent to an activating group) is 1. The molecule has 1 aliphatic rings. The third kappa shape index (κ3) is 6.68. The summed E-state index contributed by atoms with van der Waals surface area (Å²) in [4.78, 5) is 53.6. The molecule has 13 nitrogen and oxygen atoms in total. The number of aromatic amines is 1. The summed E-state index contributed by atoms with van der Waals surface area (Å²) in [6, 6.07) is 20.9. The second kappa shape index (κ2) is 12.6. The van der Waals surface area contributed by atoms with Crippen molar-refractivity contribution in [2.24, 2.45) is 0 Å². The number of hydrogen-bond acceptors (Lipinski definition) is 7. The fraction of sp³-hybridized carbons (Fsp3) is 0.250. The molecule has 45 heavy (non-hydrogen) atoms. The van der Waals surface area contributed by atoms with Gasteiger partial charge in [-0.3, -0.25) is 24.8 Å². The molecule has 1 aliphatic heterocycles. The van der Waals surface area contributed by atoms with Gasteiger partial charge in [0.15, 0.2) is 5.82 Å². The van der Waals surface area contributed by atoms with Crippen LogP contribution in [0.2, 0.25) is 0 Å². The highest BCUT2D eigenvalue weighted by molar-refractivity contribution is 6.07. The van der Waals surface area contributed by atoms with Crippen molar-refractivity contribution < 1.29 is 19.3 Å². The van der Waals surface area contributed by atoms with Gasteiger partial charge in [0, 0.05) is 41.1 Å². The van der Waals surface area contributed by atoms with Crippen LogP contribution in [0.15, 0.2) is 78.9 Å². The summed E-state index contributed by atoms with van der Waals surface area (Å²) in [5.74, 6) is -0.619. The van der Waals surface area contributed by atoms with E-state index in [1.54, 1.807) is 23.1 Å². The van der Waals surface area contributed by atoms with Crippen LogP contribution in [0, 0.1) is 10.1 Å². The van der Waals surface area contributed by atoms with Crippen LogP contribution in [0.5, 0.6) is 0 Å². The number of carbonyl (C=O) groups is 3. The number of amides is 4. The van der Waals surface area contributed by atoms with Crippen molar-refractivity contribution in [3.05, 3.63) is 117 Å². The van der Waals surface area contributed by atoms with Gasteiger partial charge in [0.2, 0.25) is 0 Å². The third-order valence-corrected chi connectivity index (χ3v) is 7.72. The first-order valence-electron chi connectivity index (χ1n) is 14.3. The number of H-pyrrole nitrogens is 1. The molecular weight excluding hydrogens is 576 g/mol. The van der Waals surface area contributed by atoms with Gasteiger partial charge in [-0.15, -0.1) is 0 Å². The number of nitrogens with one attached hydrogen (secondary N) is 4. The van der Waals surface area contributed by atoms with Gasteiger partial charge >= 0.3 is 6.03 Å². The Hall–Kier alpha value is -5.56. The Morgan fingerprint density at radius 3 is 2.33 bits per heavy atom. The Bertz CT molecular complexity index is 1730. The van der Waals surface area contributed by atoms with Gasteiger partial charge in [-0.05, 0) is 63.8 Å². The Morgan fingerprint density at radius 1 is 0.978 bits per heavy atom. The summed E-state index contributed by atoms with van der Waals surface area (Å²) in [5.41, 5.74) is 2.45. The number of aromatic nitrogens is 2. The zero-order valence-electron chi connectivity index (χ0n) is 25.3. The number of fused-ring (bicyclic) bond motifs is 1. The lowest BCUT2D eigenvalue weighted by molar-refractivity contribution is -0.384. The molecular formula is C32H34N8O5. The van der Waals surface area contributed by atoms with E-state index in [2.05, 4.69) is 26.1 Å². The molecule has 0 radical (unpaired) electrons. The number of non-ortho nitro benzene ring substituents is 1. The summed E-state index contributed by atoms with van der Waals surface area (Å²) in [6.45, 7) is 4.69. The van der Waals surface area contributed by atoms with Crippen molar-refractivity contribution >= 4 is 35.0 Å². The minimum atomic E-state index is -0.725. The maximum absolute atomic E-state index is 13.6. The molecule has 0 saturated carbocycles. The first kappa shape index (κ1) is 30.9. The molecule has 0 saturated heterocycles. The minimum absolute atomic E-state index is 0.122. The number of benzene rings is 3. The highest BCUT2D eigenvalue weighted by atomic mass is 16.6. The van der Waals surface area contributed by atoms with Crippen molar-refractivity contribution in [3.63, 3.8) is 0 Å². The Kier molecular flexibility index (Phi) is 8.64. The maximum atomic E-state index is 13.6. The largest absolute Gasteiger partial charge is 0.330 e. The van der Waals surface area contributed by atoms with Crippen molar-refractivity contribution in [2.75, 3.05) is 31.3 Å². The predicted molar refractivity (Wildman–Crippen MR) is 169 cm³/mol. The van der Waals surface area contributed by atoms with Crippen molar-refractivity contribution in [1.82, 2.24) is 25.3 Å². The number of anilines is 2. The maximum Gasteiger partial charge on any atom is 0.319 e. The molecule has 0 unspecified atom stereocenters. The van der Waals surface area contributed by atoms with E-state index < -0.39 is 22.3 Å². The van der Waals surface area contributed by atoms with E-state index in [0.29, 0.717) is 23.6 Å². The SMILES string of the molecule is CN(C)C[C@@H](NC(=O)N1Cc2c(NC(=O)c3cccc(NC(=O)c4ccc([N+](=O)[O-])cc4)c3)n[nH]c2C1(C)C)c1ccccc1. The molecule has 0 bridgehead atoms. The van der Waals surface area contributed by atoms with E-state index in [1.165, 1.54) is 30.3 Å². The van der Waals surface area contributed by atoms with Crippen LogP contribution in [-0.4, -0.2) is 63.4 Å². The predicted octanol–water partition coefficient (Wildman–Crippen LogP) is 4.89. The van der Waals surface area contributed by atoms with E-state index in [9.17, 15) is 24.5 Å². The topological polar surface area (TPSA) is 166 Å². The van der Waals surface area contributed by atoms with Crippen LogP contribution in [0.25, 0.3) is 0 Å². The number of nitrogens with zero attached hydrogens (tertiary/aromatic N) is 4. The zero-order chi connectivity index (χ0) is 32.3. The number of nitro benzene ring substituents is 1. The first-order valence-corrected chi connectivity index (χ1v) is 14.3. The van der Waals surface area contributed by atoms with Gasteiger partial charge in [-0.1, -0.05) is 36.4 Å². The van der Waals surface area contributed by atoms with Gasteiger partial charge in [-0.25, -0.2) is 4.79 Å². The molecule has 232 valence electrons. The number of rotatable bonds is 9. The summed E-state index contributed by atoms with van der Waals surface area (Å²) < 4.78 is 0. The fourth-order valence-corrected chi connectivity index (χ4v) is 5.31. The monoisotopic (exact) mass is 610 g/mol.